The van der Waals surface area contributed by atoms with Crippen LogP contribution in [0, 0.1) is 0 Å². The zero-order chi connectivity index (χ0) is 7.02. The molecule has 0 saturated heterocycles. The van der Waals surface area contributed by atoms with Crippen LogP contribution in [0.4, 0.5) is 0 Å². The summed E-state index contributed by atoms with van der Waals surface area (Å²) in [5, 5.41) is 0. The molecule has 0 saturated carbocycles. The van der Waals surface area contributed by atoms with Gasteiger partial charge in [0.2, 0.25) is 5.78 Å². The first-order chi connectivity index (χ1) is 4.13. The van der Waals surface area contributed by atoms with Gasteiger partial charge in [0, 0.05) is 0 Å². The van der Waals surface area contributed by atoms with Crippen LogP contribution in [-0.2, 0) is 9.53 Å². The minimum atomic E-state index is -0.370. The molecule has 0 aromatic heterocycles. The van der Waals surface area contributed by atoms with Crippen molar-refractivity contribution in [3.63, 3.8) is 0 Å². The lowest BCUT2D eigenvalue weighted by molar-refractivity contribution is -0.120. The molecule has 1 aliphatic heterocycles. The predicted octanol–water partition coefficient (Wildman–Crippen LogP) is 0.164. The zero-order valence-corrected chi connectivity index (χ0v) is 5.47. The third-order valence-electron chi connectivity index (χ3n) is 1.41. The number of Topliss-reactive ketones (excluding diaryl/α,β-unsaturated/α-hetero) is 1. The van der Waals surface area contributed by atoms with E-state index in [0.717, 1.165) is 0 Å². The molecule has 0 fully saturated rings. The van der Waals surface area contributed by atoms with Crippen molar-refractivity contribution in [1.82, 2.24) is 0 Å². The van der Waals surface area contributed by atoms with Gasteiger partial charge in [-0.15, -0.1) is 0 Å². The summed E-state index contributed by atoms with van der Waals surface area (Å²) in [4.78, 5) is 10.9. The molecule has 0 spiro atoms. The number of carbonyl (C=O) groups excluding carboxylic acids is 1. The SMILES string of the molecule is CC1=C(N)OC(C)C1=O. The van der Waals surface area contributed by atoms with E-state index < -0.39 is 0 Å². The number of hydrogen-bond donors (Lipinski definition) is 1. The van der Waals surface area contributed by atoms with Crippen LogP contribution in [0.2, 0.25) is 0 Å². The molecule has 1 atom stereocenters. The molecule has 0 aromatic carbocycles. The van der Waals surface area contributed by atoms with Gasteiger partial charge >= 0.3 is 0 Å². The summed E-state index contributed by atoms with van der Waals surface area (Å²) in [7, 11) is 0. The highest BCUT2D eigenvalue weighted by atomic mass is 16.5. The molecule has 0 aromatic rings. The second-order valence-corrected chi connectivity index (χ2v) is 2.11. The van der Waals surface area contributed by atoms with Crippen molar-refractivity contribution in [3.05, 3.63) is 11.5 Å². The van der Waals surface area contributed by atoms with Crippen molar-refractivity contribution in [2.45, 2.75) is 20.0 Å². The third kappa shape index (κ3) is 0.781. The Labute approximate surface area is 53.5 Å². The van der Waals surface area contributed by atoms with Crippen LogP contribution in [0.1, 0.15) is 13.8 Å². The molecule has 1 aliphatic rings. The summed E-state index contributed by atoms with van der Waals surface area (Å²) >= 11 is 0. The van der Waals surface area contributed by atoms with E-state index in [2.05, 4.69) is 0 Å². The predicted molar refractivity (Wildman–Crippen MR) is 32.4 cm³/mol. The topological polar surface area (TPSA) is 52.3 Å². The quantitative estimate of drug-likeness (QED) is 0.504. The van der Waals surface area contributed by atoms with E-state index in [1.54, 1.807) is 13.8 Å². The Morgan fingerprint density at radius 1 is 1.67 bits per heavy atom. The molecule has 0 radical (unpaired) electrons. The van der Waals surface area contributed by atoms with Gasteiger partial charge < -0.3 is 10.5 Å². The Balaban J connectivity index is 2.87. The van der Waals surface area contributed by atoms with Crippen LogP contribution in [0.5, 0.6) is 0 Å². The molecule has 2 N–H and O–H groups in total. The number of rotatable bonds is 0. The highest BCUT2D eigenvalue weighted by Crippen LogP contribution is 2.16. The van der Waals surface area contributed by atoms with Crippen LogP contribution < -0.4 is 5.73 Å². The standard InChI is InChI=1S/C6H9NO2/c1-3-5(8)4(2)9-6(3)7/h4H,7H2,1-2H3. The number of carbonyl (C=O) groups is 1. The van der Waals surface area contributed by atoms with E-state index in [4.69, 9.17) is 10.5 Å². The summed E-state index contributed by atoms with van der Waals surface area (Å²) in [5.41, 5.74) is 5.84. The van der Waals surface area contributed by atoms with Gasteiger partial charge in [0.25, 0.3) is 0 Å². The molecule has 1 rings (SSSR count). The Kier molecular flexibility index (Phi) is 1.20. The molecule has 1 heterocycles. The van der Waals surface area contributed by atoms with Crippen molar-refractivity contribution < 1.29 is 9.53 Å². The van der Waals surface area contributed by atoms with Gasteiger partial charge in [-0.25, -0.2) is 0 Å². The van der Waals surface area contributed by atoms with E-state index in [9.17, 15) is 4.79 Å². The van der Waals surface area contributed by atoms with Gasteiger partial charge in [-0.3, -0.25) is 4.79 Å². The molecule has 0 aliphatic carbocycles. The Hall–Kier alpha value is -0.990. The largest absolute Gasteiger partial charge is 0.468 e. The second-order valence-electron chi connectivity index (χ2n) is 2.11. The maximum atomic E-state index is 10.9. The van der Waals surface area contributed by atoms with Gasteiger partial charge in [0.1, 0.15) is 0 Å². The Morgan fingerprint density at radius 3 is 2.33 bits per heavy atom. The molecule has 3 nitrogen and oxygen atoms in total. The average molecular weight is 127 g/mol. The minimum Gasteiger partial charge on any atom is -0.468 e. The van der Waals surface area contributed by atoms with Crippen LogP contribution >= 0.6 is 0 Å². The first kappa shape index (κ1) is 6.13. The van der Waals surface area contributed by atoms with E-state index in [0.29, 0.717) is 5.57 Å². The third-order valence-corrected chi connectivity index (χ3v) is 1.41. The zero-order valence-electron chi connectivity index (χ0n) is 5.47. The van der Waals surface area contributed by atoms with E-state index >= 15 is 0 Å². The fourth-order valence-corrected chi connectivity index (χ4v) is 0.759. The van der Waals surface area contributed by atoms with Crippen molar-refractivity contribution in [2.24, 2.45) is 5.73 Å². The lowest BCUT2D eigenvalue weighted by Gasteiger charge is -1.99. The van der Waals surface area contributed by atoms with Crippen LogP contribution in [0.15, 0.2) is 11.5 Å². The van der Waals surface area contributed by atoms with E-state index in [1.807, 2.05) is 0 Å². The first-order valence-corrected chi connectivity index (χ1v) is 2.80. The summed E-state index contributed by atoms with van der Waals surface area (Å²) in [6.07, 6.45) is -0.370. The Morgan fingerprint density at radius 2 is 2.22 bits per heavy atom. The maximum Gasteiger partial charge on any atom is 0.204 e. The fourth-order valence-electron chi connectivity index (χ4n) is 0.759. The van der Waals surface area contributed by atoms with Crippen LogP contribution in [0.3, 0.4) is 0 Å². The maximum absolute atomic E-state index is 10.9. The fraction of sp³-hybridized carbons (Fsp3) is 0.500. The van der Waals surface area contributed by atoms with Crippen molar-refractivity contribution in [2.75, 3.05) is 0 Å². The molecule has 3 heteroatoms. The molecular formula is C6H9NO2. The molecule has 1 unspecified atom stereocenters. The first-order valence-electron chi connectivity index (χ1n) is 2.80. The minimum absolute atomic E-state index is 0.00694. The lowest BCUT2D eigenvalue weighted by Crippen LogP contribution is -2.12. The van der Waals surface area contributed by atoms with E-state index in [1.165, 1.54) is 0 Å². The second kappa shape index (κ2) is 1.76. The van der Waals surface area contributed by atoms with Crippen molar-refractivity contribution in [1.29, 1.82) is 0 Å². The van der Waals surface area contributed by atoms with Gasteiger partial charge in [0.05, 0.1) is 5.57 Å². The number of nitrogens with two attached hydrogens (primary N) is 1. The van der Waals surface area contributed by atoms with E-state index in [-0.39, 0.29) is 17.8 Å². The smallest absolute Gasteiger partial charge is 0.204 e. The van der Waals surface area contributed by atoms with Gasteiger partial charge in [-0.2, -0.15) is 0 Å². The van der Waals surface area contributed by atoms with Gasteiger partial charge in [0.15, 0.2) is 12.0 Å². The summed E-state index contributed by atoms with van der Waals surface area (Å²) in [6.45, 7) is 3.35. The summed E-state index contributed by atoms with van der Waals surface area (Å²) < 4.78 is 4.89. The van der Waals surface area contributed by atoms with Crippen molar-refractivity contribution >= 4 is 5.78 Å². The average Bonchev–Trinajstić information content (AvgIpc) is 1.98. The highest BCUT2D eigenvalue weighted by molar-refractivity contribution is 6.00. The molecule has 9 heavy (non-hydrogen) atoms. The number of ether oxygens (including phenoxy) is 1. The van der Waals surface area contributed by atoms with Gasteiger partial charge in [-0.1, -0.05) is 0 Å². The Bertz CT molecular complexity index is 183. The molecular weight excluding hydrogens is 118 g/mol. The monoisotopic (exact) mass is 127 g/mol. The highest BCUT2D eigenvalue weighted by Gasteiger charge is 2.26. The normalized spacial score (nSPS) is 26.9. The molecule has 0 bridgehead atoms. The molecule has 0 amide bonds. The molecule has 50 valence electrons. The van der Waals surface area contributed by atoms with Crippen LogP contribution in [-0.4, -0.2) is 11.9 Å². The summed E-state index contributed by atoms with van der Waals surface area (Å²) in [5.74, 6) is 0.264. The number of ketones is 1. The van der Waals surface area contributed by atoms with Crippen LogP contribution in [0.25, 0.3) is 0 Å². The lowest BCUT2D eigenvalue weighted by atomic mass is 10.2. The number of hydrogen-bond acceptors (Lipinski definition) is 3. The van der Waals surface area contributed by atoms with Crippen molar-refractivity contribution in [3.8, 4) is 0 Å². The van der Waals surface area contributed by atoms with Gasteiger partial charge in [-0.05, 0) is 13.8 Å². The summed E-state index contributed by atoms with van der Waals surface area (Å²) in [6, 6.07) is 0.